The third kappa shape index (κ3) is 7.71. The van der Waals surface area contributed by atoms with E-state index in [2.05, 4.69) is 5.32 Å². The van der Waals surface area contributed by atoms with E-state index in [9.17, 15) is 31.5 Å². The molecule has 0 aromatic heterocycles. The average Bonchev–Trinajstić information content (AvgIpc) is 3.58. The number of carbonyl (C=O) groups excluding carboxylic acids is 2. The van der Waals surface area contributed by atoms with E-state index in [1.165, 1.54) is 6.40 Å². The Balaban J connectivity index is 1.12. The Kier molecular flexibility index (Phi) is 11.4. The van der Waals surface area contributed by atoms with Crippen molar-refractivity contribution in [3.8, 4) is 16.9 Å². The summed E-state index contributed by atoms with van der Waals surface area (Å²) in [7, 11) is 0. The van der Waals surface area contributed by atoms with Crippen molar-refractivity contribution >= 4 is 18.5 Å². The molecule has 1 N–H and O–H groups in total. The smallest absolute Gasteiger partial charge is 0.407 e. The van der Waals surface area contributed by atoms with Crippen LogP contribution in [0.15, 0.2) is 145 Å². The number of halogens is 5. The third-order valence-electron chi connectivity index (χ3n) is 9.71. The molecule has 7 nitrogen and oxygen atoms in total. The Morgan fingerprint density at radius 2 is 1.07 bits per heavy atom. The number of nitrogens with one attached hydrogen (secondary N) is 1. The monoisotopic (exact) mass is 776 g/mol. The van der Waals surface area contributed by atoms with Crippen LogP contribution in [0.25, 0.3) is 11.1 Å². The molecule has 0 saturated heterocycles. The highest BCUT2D eigenvalue weighted by Crippen LogP contribution is 2.45. The minimum atomic E-state index is -2.43. The van der Waals surface area contributed by atoms with Crippen molar-refractivity contribution in [1.82, 2.24) is 5.32 Å². The summed E-state index contributed by atoms with van der Waals surface area (Å²) in [6.07, 6.45) is -0.326. The molecule has 1 aliphatic rings. The van der Waals surface area contributed by atoms with Crippen molar-refractivity contribution in [2.24, 2.45) is 4.99 Å². The molecule has 6 aromatic rings. The van der Waals surface area contributed by atoms with Crippen LogP contribution in [-0.2, 0) is 19.8 Å². The van der Waals surface area contributed by atoms with Crippen LogP contribution in [0.3, 0.4) is 0 Å². The lowest BCUT2D eigenvalue weighted by Crippen LogP contribution is -2.44. The Morgan fingerprint density at radius 3 is 1.56 bits per heavy atom. The van der Waals surface area contributed by atoms with Crippen LogP contribution in [0.4, 0.5) is 26.7 Å². The first-order valence-corrected chi connectivity index (χ1v) is 17.9. The van der Waals surface area contributed by atoms with Crippen molar-refractivity contribution in [1.29, 1.82) is 0 Å². The Labute approximate surface area is 324 Å². The lowest BCUT2D eigenvalue weighted by Gasteiger charge is -2.31. The number of esters is 1. The summed E-state index contributed by atoms with van der Waals surface area (Å²) in [4.78, 5) is 31.5. The quantitative estimate of drug-likeness (QED) is 0.0145. The zero-order valence-electron chi connectivity index (χ0n) is 30.0. The molecular formula is C45H33F5N2O5. The molecular weight excluding hydrogens is 743 g/mol. The van der Waals surface area contributed by atoms with Gasteiger partial charge in [0.05, 0.1) is 6.61 Å². The number of ether oxygens (including phenoxy) is 3. The van der Waals surface area contributed by atoms with Gasteiger partial charge in [0.2, 0.25) is 34.8 Å². The van der Waals surface area contributed by atoms with Gasteiger partial charge in [-0.1, -0.05) is 140 Å². The first-order valence-electron chi connectivity index (χ1n) is 17.9. The lowest BCUT2D eigenvalue weighted by molar-refractivity contribution is -0.137. The number of alkyl carbamates (subject to hydrolysis) is 1. The summed E-state index contributed by atoms with van der Waals surface area (Å²) in [6.45, 7) is -0.485. The molecule has 1 atom stereocenters. The van der Waals surface area contributed by atoms with Gasteiger partial charge in [-0.3, -0.25) is 0 Å². The molecule has 1 aliphatic carbocycles. The van der Waals surface area contributed by atoms with Crippen LogP contribution in [0.2, 0.25) is 0 Å². The predicted octanol–water partition coefficient (Wildman–Crippen LogP) is 9.62. The minimum absolute atomic E-state index is 0.150. The lowest BCUT2D eigenvalue weighted by atomic mass is 9.77. The Hall–Kier alpha value is -6.82. The maximum absolute atomic E-state index is 14.6. The molecule has 12 heteroatoms. The second kappa shape index (κ2) is 16.9. The van der Waals surface area contributed by atoms with Gasteiger partial charge in [-0.25, -0.2) is 27.8 Å². The zero-order chi connectivity index (χ0) is 39.9. The molecule has 288 valence electrons. The third-order valence-corrected chi connectivity index (χ3v) is 9.71. The molecule has 0 radical (unpaired) electrons. The van der Waals surface area contributed by atoms with Crippen LogP contribution in [0.5, 0.6) is 5.75 Å². The number of fused-ring (bicyclic) bond motifs is 3. The number of rotatable bonds is 13. The van der Waals surface area contributed by atoms with Crippen LogP contribution < -0.4 is 10.1 Å². The normalized spacial score (nSPS) is 12.8. The summed E-state index contributed by atoms with van der Waals surface area (Å²) in [5, 5.41) is 2.31. The van der Waals surface area contributed by atoms with Crippen molar-refractivity contribution in [2.75, 3.05) is 13.2 Å². The molecule has 0 bridgehead atoms. The summed E-state index contributed by atoms with van der Waals surface area (Å²) in [5.74, 6) is -15.5. The van der Waals surface area contributed by atoms with Crippen LogP contribution in [0, 0.1) is 29.1 Å². The van der Waals surface area contributed by atoms with Crippen molar-refractivity contribution in [2.45, 2.75) is 23.9 Å². The molecule has 6 aromatic carbocycles. The summed E-state index contributed by atoms with van der Waals surface area (Å²) in [5.41, 5.74) is 5.11. The van der Waals surface area contributed by atoms with Gasteiger partial charge in [0.15, 0.2) is 6.40 Å². The molecule has 0 saturated carbocycles. The molecule has 0 fully saturated rings. The number of carbonyl (C=O) groups is 2. The average molecular weight is 777 g/mol. The second-order valence-corrected chi connectivity index (χ2v) is 13.0. The van der Waals surface area contributed by atoms with Crippen LogP contribution in [-0.4, -0.2) is 37.7 Å². The van der Waals surface area contributed by atoms with E-state index in [1.54, 1.807) is 0 Å². The molecule has 0 aliphatic heterocycles. The van der Waals surface area contributed by atoms with Crippen LogP contribution >= 0.6 is 0 Å². The number of hydrogen-bond donors (Lipinski definition) is 1. The summed E-state index contributed by atoms with van der Waals surface area (Å²) in [6, 6.07) is 41.9. The standard InChI is InChI=1S/C45H33F5N2O5/c46-37-38(47)40(49)42(41(50)39(37)48)57-43(53)36(52-44(54)56-26-35-33-22-12-10-20-31(33)32-21-11-13-23-34(32)35)24-25-55-27-51-45(28-14-4-1-5-15-28,29-16-6-2-7-17-29)30-18-8-3-9-19-30/h1-23,27,35-36H,24-26H2,(H,52,54)/t36-/m0/s1. The highest BCUT2D eigenvalue weighted by Gasteiger charge is 2.36. The fourth-order valence-corrected chi connectivity index (χ4v) is 6.99. The number of hydrogen-bond acceptors (Lipinski definition) is 6. The van der Waals surface area contributed by atoms with Gasteiger partial charge in [-0.15, -0.1) is 0 Å². The van der Waals surface area contributed by atoms with Gasteiger partial charge < -0.3 is 19.5 Å². The van der Waals surface area contributed by atoms with E-state index in [0.717, 1.165) is 38.9 Å². The van der Waals surface area contributed by atoms with E-state index >= 15 is 0 Å². The van der Waals surface area contributed by atoms with Crippen LogP contribution in [0.1, 0.15) is 40.2 Å². The summed E-state index contributed by atoms with van der Waals surface area (Å²) < 4.78 is 86.9. The highest BCUT2D eigenvalue weighted by molar-refractivity contribution is 5.83. The fraction of sp³-hybridized carbons (Fsp3) is 0.133. The van der Waals surface area contributed by atoms with Gasteiger partial charge >= 0.3 is 12.1 Å². The van der Waals surface area contributed by atoms with Crippen molar-refractivity contribution < 1.29 is 45.8 Å². The molecule has 7 rings (SSSR count). The Bertz CT molecular complexity index is 2240. The van der Waals surface area contributed by atoms with Gasteiger partial charge in [0.1, 0.15) is 18.2 Å². The van der Waals surface area contributed by atoms with E-state index in [4.69, 9.17) is 19.2 Å². The van der Waals surface area contributed by atoms with Gasteiger partial charge in [0.25, 0.3) is 0 Å². The maximum atomic E-state index is 14.6. The number of amides is 1. The fourth-order valence-electron chi connectivity index (χ4n) is 6.99. The van der Waals surface area contributed by atoms with Gasteiger partial charge in [-0.2, -0.15) is 8.78 Å². The van der Waals surface area contributed by atoms with E-state index in [0.29, 0.717) is 0 Å². The molecule has 0 unspecified atom stereocenters. The highest BCUT2D eigenvalue weighted by atomic mass is 19.2. The molecule has 0 spiro atoms. The van der Waals surface area contributed by atoms with E-state index < -0.39 is 64.9 Å². The van der Waals surface area contributed by atoms with Crippen molar-refractivity contribution in [3.05, 3.63) is 196 Å². The first-order chi connectivity index (χ1) is 27.7. The second-order valence-electron chi connectivity index (χ2n) is 13.0. The van der Waals surface area contributed by atoms with Crippen molar-refractivity contribution in [3.63, 3.8) is 0 Å². The van der Waals surface area contributed by atoms with E-state index in [1.807, 2.05) is 140 Å². The van der Waals surface area contributed by atoms with Gasteiger partial charge in [-0.05, 0) is 38.9 Å². The van der Waals surface area contributed by atoms with E-state index in [-0.39, 0.29) is 19.1 Å². The maximum Gasteiger partial charge on any atom is 0.407 e. The summed E-state index contributed by atoms with van der Waals surface area (Å²) >= 11 is 0. The molecule has 0 heterocycles. The largest absolute Gasteiger partial charge is 0.483 e. The molecule has 1 amide bonds. The molecule has 57 heavy (non-hydrogen) atoms. The number of aliphatic imine (C=N–C) groups is 1. The zero-order valence-corrected chi connectivity index (χ0v) is 30.0. The SMILES string of the molecule is O=C(N[C@@H](CCOC=NC(c1ccccc1)(c1ccccc1)c1ccccc1)C(=O)Oc1c(F)c(F)c(F)c(F)c1F)OCC1c2ccccc2-c2ccccc21. The Morgan fingerprint density at radius 1 is 0.632 bits per heavy atom. The number of nitrogens with zero attached hydrogens (tertiary/aromatic N) is 1. The predicted molar refractivity (Wildman–Crippen MR) is 202 cm³/mol. The minimum Gasteiger partial charge on any atom is -0.483 e. The first kappa shape index (κ1) is 38.5. The number of benzene rings is 6. The topological polar surface area (TPSA) is 86.2 Å². The van der Waals surface area contributed by atoms with Gasteiger partial charge in [0, 0.05) is 12.3 Å².